The molecule has 1 saturated heterocycles. The Balaban J connectivity index is 1.65. The van der Waals surface area contributed by atoms with Crippen molar-refractivity contribution in [2.45, 2.75) is 25.9 Å². The van der Waals surface area contributed by atoms with Crippen LogP contribution in [0.1, 0.15) is 35.8 Å². The standard InChI is InChI=1S/C29H32ClFN4O4/c1-4-12-35-24(18-33-13-14-34(19(3)17-33)27(36)21-9-7-11-23(31)16-21)25(28(37)39-5-2)26(32-29(35)38)20-8-6-10-22(30)15-20/h4,6-11,15-16,19,26H,1,5,12-14,17-18H2,2-3H3,(H,32,38)/t19-,26+/m0/s1. The zero-order valence-electron chi connectivity index (χ0n) is 22.0. The van der Waals surface area contributed by atoms with Gasteiger partial charge in [-0.1, -0.05) is 35.9 Å². The minimum absolute atomic E-state index is 0.172. The van der Waals surface area contributed by atoms with Gasteiger partial charge in [-0.25, -0.2) is 14.0 Å². The number of carbonyl (C=O) groups excluding carboxylic acids is 3. The lowest BCUT2D eigenvalue weighted by molar-refractivity contribution is -0.139. The minimum atomic E-state index is -0.750. The molecule has 0 aromatic heterocycles. The monoisotopic (exact) mass is 554 g/mol. The number of amides is 3. The smallest absolute Gasteiger partial charge is 0.338 e. The van der Waals surface area contributed by atoms with Gasteiger partial charge in [-0.15, -0.1) is 6.58 Å². The second kappa shape index (κ2) is 12.4. The first-order valence-corrected chi connectivity index (χ1v) is 13.2. The highest BCUT2D eigenvalue weighted by Crippen LogP contribution is 2.33. The molecule has 0 spiro atoms. The molecular weight excluding hydrogens is 523 g/mol. The molecule has 3 amide bonds. The number of nitrogens with zero attached hydrogens (tertiary/aromatic N) is 3. The topological polar surface area (TPSA) is 82.2 Å². The van der Waals surface area contributed by atoms with Crippen molar-refractivity contribution in [3.63, 3.8) is 0 Å². The Morgan fingerprint density at radius 1 is 1.21 bits per heavy atom. The molecule has 2 aromatic carbocycles. The first-order chi connectivity index (χ1) is 18.7. The van der Waals surface area contributed by atoms with Gasteiger partial charge in [0.05, 0.1) is 18.2 Å². The van der Waals surface area contributed by atoms with Crippen LogP contribution in [0.15, 0.2) is 72.5 Å². The first-order valence-electron chi connectivity index (χ1n) is 12.9. The van der Waals surface area contributed by atoms with E-state index in [0.717, 1.165) is 0 Å². The molecule has 0 radical (unpaired) electrons. The molecule has 206 valence electrons. The van der Waals surface area contributed by atoms with Gasteiger partial charge < -0.3 is 15.0 Å². The molecule has 1 N–H and O–H groups in total. The summed E-state index contributed by atoms with van der Waals surface area (Å²) < 4.78 is 19.1. The number of hydrogen-bond acceptors (Lipinski definition) is 5. The molecule has 2 aliphatic heterocycles. The Morgan fingerprint density at radius 3 is 2.64 bits per heavy atom. The van der Waals surface area contributed by atoms with Crippen LogP contribution in [0.5, 0.6) is 0 Å². The number of benzene rings is 2. The van der Waals surface area contributed by atoms with Crippen LogP contribution < -0.4 is 5.32 Å². The van der Waals surface area contributed by atoms with E-state index in [0.29, 0.717) is 47.1 Å². The number of nitrogens with one attached hydrogen (secondary N) is 1. The van der Waals surface area contributed by atoms with Crippen molar-refractivity contribution in [2.24, 2.45) is 0 Å². The van der Waals surface area contributed by atoms with Gasteiger partial charge in [0, 0.05) is 55.0 Å². The second-order valence-corrected chi connectivity index (χ2v) is 9.95. The predicted molar refractivity (Wildman–Crippen MR) is 147 cm³/mol. The van der Waals surface area contributed by atoms with Gasteiger partial charge >= 0.3 is 12.0 Å². The van der Waals surface area contributed by atoms with Gasteiger partial charge in [-0.2, -0.15) is 0 Å². The van der Waals surface area contributed by atoms with Crippen molar-refractivity contribution >= 4 is 29.5 Å². The summed E-state index contributed by atoms with van der Waals surface area (Å²) in [6, 6.07) is 11.4. The summed E-state index contributed by atoms with van der Waals surface area (Å²) in [6.07, 6.45) is 1.60. The second-order valence-electron chi connectivity index (χ2n) is 9.51. The summed E-state index contributed by atoms with van der Waals surface area (Å²) in [7, 11) is 0. The third kappa shape index (κ3) is 6.32. The van der Waals surface area contributed by atoms with Gasteiger partial charge in [-0.05, 0) is 49.7 Å². The van der Waals surface area contributed by atoms with E-state index < -0.39 is 17.8 Å². The highest BCUT2D eigenvalue weighted by molar-refractivity contribution is 6.30. The van der Waals surface area contributed by atoms with Gasteiger partial charge in [0.2, 0.25) is 0 Å². The third-order valence-electron chi connectivity index (χ3n) is 6.84. The average molecular weight is 555 g/mol. The van der Waals surface area contributed by atoms with Crippen LogP contribution in [0.4, 0.5) is 9.18 Å². The molecule has 0 aliphatic carbocycles. The summed E-state index contributed by atoms with van der Waals surface area (Å²) in [5.74, 6) is -1.23. The lowest BCUT2D eigenvalue weighted by atomic mass is 9.94. The number of piperazine rings is 1. The molecule has 0 bridgehead atoms. The zero-order chi connectivity index (χ0) is 28.1. The van der Waals surface area contributed by atoms with Crippen molar-refractivity contribution in [2.75, 3.05) is 39.3 Å². The van der Waals surface area contributed by atoms with E-state index in [9.17, 15) is 18.8 Å². The maximum atomic E-state index is 13.7. The van der Waals surface area contributed by atoms with Crippen LogP contribution in [0.25, 0.3) is 0 Å². The lowest BCUT2D eigenvalue weighted by Crippen LogP contribution is -2.56. The van der Waals surface area contributed by atoms with E-state index in [1.165, 1.54) is 23.1 Å². The number of esters is 1. The Morgan fingerprint density at radius 2 is 1.97 bits per heavy atom. The largest absolute Gasteiger partial charge is 0.463 e. The Kier molecular flexibility index (Phi) is 9.04. The summed E-state index contributed by atoms with van der Waals surface area (Å²) in [5.41, 5.74) is 1.80. The average Bonchev–Trinajstić information content (AvgIpc) is 2.90. The molecule has 2 atom stereocenters. The molecule has 2 aliphatic rings. The SMILES string of the molecule is C=CCN1C(=O)N[C@H](c2cccc(Cl)c2)C(C(=O)OCC)=C1CN1CCN(C(=O)c2cccc(F)c2)[C@@H](C)C1. The number of ether oxygens (including phenoxy) is 1. The van der Waals surface area contributed by atoms with Crippen molar-refractivity contribution in [1.29, 1.82) is 0 Å². The van der Waals surface area contributed by atoms with Crippen LogP contribution in [-0.4, -0.2) is 78.0 Å². The van der Waals surface area contributed by atoms with Crippen molar-refractivity contribution in [3.05, 3.63) is 94.4 Å². The summed E-state index contributed by atoms with van der Waals surface area (Å²) in [6.45, 7) is 9.47. The van der Waals surface area contributed by atoms with Crippen LogP contribution in [-0.2, 0) is 9.53 Å². The molecule has 8 nitrogen and oxygen atoms in total. The van der Waals surface area contributed by atoms with Gasteiger partial charge in [0.25, 0.3) is 5.91 Å². The maximum Gasteiger partial charge on any atom is 0.338 e. The van der Waals surface area contributed by atoms with Gasteiger partial charge in [0.15, 0.2) is 0 Å². The van der Waals surface area contributed by atoms with Crippen LogP contribution in [0.3, 0.4) is 0 Å². The summed E-state index contributed by atoms with van der Waals surface area (Å²) in [5, 5.41) is 3.40. The molecule has 0 saturated carbocycles. The fourth-order valence-corrected chi connectivity index (χ4v) is 5.26. The number of carbonyl (C=O) groups is 3. The molecule has 39 heavy (non-hydrogen) atoms. The Labute approximate surface area is 232 Å². The fraction of sp³-hybridized carbons (Fsp3) is 0.345. The molecule has 1 fully saturated rings. The van der Waals surface area contributed by atoms with Crippen LogP contribution >= 0.6 is 11.6 Å². The highest BCUT2D eigenvalue weighted by atomic mass is 35.5. The van der Waals surface area contributed by atoms with E-state index in [1.807, 2.05) is 6.92 Å². The molecule has 4 rings (SSSR count). The molecular formula is C29H32ClFN4O4. The third-order valence-corrected chi connectivity index (χ3v) is 7.08. The first kappa shape index (κ1) is 28.3. The van der Waals surface area contributed by atoms with E-state index in [1.54, 1.807) is 48.2 Å². The quantitative estimate of drug-likeness (QED) is 0.386. The summed E-state index contributed by atoms with van der Waals surface area (Å²) in [4.78, 5) is 45.0. The Hall–Kier alpha value is -3.69. The Bertz CT molecular complexity index is 1300. The van der Waals surface area contributed by atoms with Gasteiger partial charge in [-0.3, -0.25) is 14.6 Å². The number of rotatable bonds is 8. The molecule has 2 aromatic rings. The number of urea groups is 1. The molecule has 0 unspecified atom stereocenters. The van der Waals surface area contributed by atoms with E-state index in [2.05, 4.69) is 16.8 Å². The minimum Gasteiger partial charge on any atom is -0.463 e. The van der Waals surface area contributed by atoms with Gasteiger partial charge in [0.1, 0.15) is 5.82 Å². The van der Waals surface area contributed by atoms with Crippen LogP contribution in [0, 0.1) is 5.82 Å². The molecule has 10 heteroatoms. The van der Waals surface area contributed by atoms with E-state index in [4.69, 9.17) is 16.3 Å². The maximum absolute atomic E-state index is 13.7. The van der Waals surface area contributed by atoms with Crippen molar-refractivity contribution in [1.82, 2.24) is 20.0 Å². The number of hydrogen-bond donors (Lipinski definition) is 1. The van der Waals surface area contributed by atoms with E-state index in [-0.39, 0.29) is 37.7 Å². The zero-order valence-corrected chi connectivity index (χ0v) is 22.8. The molecule has 2 heterocycles. The lowest BCUT2D eigenvalue weighted by Gasteiger charge is -2.43. The normalized spacial score (nSPS) is 20.1. The fourth-order valence-electron chi connectivity index (χ4n) is 5.06. The highest BCUT2D eigenvalue weighted by Gasteiger charge is 2.39. The van der Waals surface area contributed by atoms with E-state index >= 15 is 0 Å². The summed E-state index contributed by atoms with van der Waals surface area (Å²) >= 11 is 6.24. The van der Waals surface area contributed by atoms with Crippen LogP contribution in [0.2, 0.25) is 5.02 Å². The van der Waals surface area contributed by atoms with Crippen molar-refractivity contribution < 1.29 is 23.5 Å². The van der Waals surface area contributed by atoms with Crippen molar-refractivity contribution in [3.8, 4) is 0 Å². The number of halogens is 2. The predicted octanol–water partition coefficient (Wildman–Crippen LogP) is 4.40.